The summed E-state index contributed by atoms with van der Waals surface area (Å²) in [5.74, 6) is 0. The van der Waals surface area contributed by atoms with E-state index in [9.17, 15) is 0 Å². The quantitative estimate of drug-likeness (QED) is 0.795. The second kappa shape index (κ2) is 5.71. The van der Waals surface area contributed by atoms with Crippen LogP contribution in [0.2, 0.25) is 0 Å². The van der Waals surface area contributed by atoms with Crippen molar-refractivity contribution in [2.45, 2.75) is 70.9 Å². The lowest BCUT2D eigenvalue weighted by Gasteiger charge is -2.41. The molecule has 0 aromatic rings. The predicted octanol–water partition coefficient (Wildman–Crippen LogP) is 3.03. The summed E-state index contributed by atoms with van der Waals surface area (Å²) in [5, 5.41) is 3.52. The highest BCUT2D eigenvalue weighted by atomic mass is 15.2. The van der Waals surface area contributed by atoms with Crippen LogP contribution < -0.4 is 5.32 Å². The molecule has 1 saturated carbocycles. The smallest absolute Gasteiger partial charge is 0.0108 e. The molecule has 0 aromatic carbocycles. The van der Waals surface area contributed by atoms with Gasteiger partial charge >= 0.3 is 0 Å². The van der Waals surface area contributed by atoms with E-state index in [2.05, 4.69) is 31.1 Å². The number of hydrogen-bond donors (Lipinski definition) is 1. The van der Waals surface area contributed by atoms with Crippen molar-refractivity contribution in [2.75, 3.05) is 20.1 Å². The van der Waals surface area contributed by atoms with E-state index >= 15 is 0 Å². The predicted molar refractivity (Wildman–Crippen MR) is 74.3 cm³/mol. The number of nitrogens with zero attached hydrogens (tertiary/aromatic N) is 1. The van der Waals surface area contributed by atoms with Crippen molar-refractivity contribution in [1.29, 1.82) is 0 Å². The van der Waals surface area contributed by atoms with Crippen LogP contribution in [0.5, 0.6) is 0 Å². The Kier molecular flexibility index (Phi) is 4.48. The van der Waals surface area contributed by atoms with E-state index in [-0.39, 0.29) is 0 Å². The lowest BCUT2D eigenvalue weighted by molar-refractivity contribution is 0.0890. The second-order valence-corrected chi connectivity index (χ2v) is 6.90. The van der Waals surface area contributed by atoms with Gasteiger partial charge in [-0.2, -0.15) is 0 Å². The molecule has 0 spiro atoms. The van der Waals surface area contributed by atoms with Crippen LogP contribution in [0.1, 0.15) is 58.8 Å². The van der Waals surface area contributed by atoms with Gasteiger partial charge in [0.1, 0.15) is 0 Å². The summed E-state index contributed by atoms with van der Waals surface area (Å²) >= 11 is 0. The lowest BCUT2D eigenvalue weighted by Crippen LogP contribution is -2.43. The minimum Gasteiger partial charge on any atom is -0.317 e. The Morgan fingerprint density at radius 3 is 2.29 bits per heavy atom. The molecule has 1 saturated heterocycles. The Morgan fingerprint density at radius 2 is 1.59 bits per heavy atom. The van der Waals surface area contributed by atoms with E-state index in [1.807, 2.05) is 0 Å². The van der Waals surface area contributed by atoms with Crippen molar-refractivity contribution in [3.8, 4) is 0 Å². The van der Waals surface area contributed by atoms with Gasteiger partial charge in [0.15, 0.2) is 0 Å². The highest BCUT2D eigenvalue weighted by Gasteiger charge is 2.31. The lowest BCUT2D eigenvalue weighted by atomic mass is 9.75. The third-order valence-electron chi connectivity index (χ3n) is 5.01. The van der Waals surface area contributed by atoms with E-state index in [0.29, 0.717) is 5.41 Å². The Labute approximate surface area is 107 Å². The SMILES string of the molecule is CN(C1CCCNCC1)C1CCC(C)(C)CC1. The molecule has 2 heteroatoms. The van der Waals surface area contributed by atoms with E-state index in [4.69, 9.17) is 0 Å². The molecule has 1 N–H and O–H groups in total. The average Bonchev–Trinajstić information content (AvgIpc) is 2.56. The van der Waals surface area contributed by atoms with Gasteiger partial charge in [-0.05, 0) is 70.5 Å². The highest BCUT2D eigenvalue weighted by Crippen LogP contribution is 2.37. The van der Waals surface area contributed by atoms with E-state index in [0.717, 1.165) is 12.1 Å². The first-order valence-electron chi connectivity index (χ1n) is 7.51. The van der Waals surface area contributed by atoms with Crippen molar-refractivity contribution in [1.82, 2.24) is 10.2 Å². The van der Waals surface area contributed by atoms with Crippen LogP contribution in [0.15, 0.2) is 0 Å². The van der Waals surface area contributed by atoms with Crippen molar-refractivity contribution >= 4 is 0 Å². The summed E-state index contributed by atoms with van der Waals surface area (Å²) in [4.78, 5) is 2.71. The van der Waals surface area contributed by atoms with Gasteiger partial charge in [-0.1, -0.05) is 13.8 Å². The number of rotatable bonds is 2. The molecule has 1 atom stereocenters. The molecule has 2 aliphatic rings. The monoisotopic (exact) mass is 238 g/mol. The summed E-state index contributed by atoms with van der Waals surface area (Å²) in [7, 11) is 2.37. The maximum Gasteiger partial charge on any atom is 0.0108 e. The minimum atomic E-state index is 0.600. The molecule has 2 nitrogen and oxygen atoms in total. The average molecular weight is 238 g/mol. The Morgan fingerprint density at radius 1 is 0.941 bits per heavy atom. The first-order chi connectivity index (χ1) is 8.08. The van der Waals surface area contributed by atoms with Gasteiger partial charge in [0.05, 0.1) is 0 Å². The zero-order valence-corrected chi connectivity index (χ0v) is 12.0. The van der Waals surface area contributed by atoms with Gasteiger partial charge in [0, 0.05) is 12.1 Å². The third kappa shape index (κ3) is 3.69. The number of hydrogen-bond acceptors (Lipinski definition) is 2. The van der Waals surface area contributed by atoms with Crippen molar-refractivity contribution < 1.29 is 0 Å². The van der Waals surface area contributed by atoms with Gasteiger partial charge in [-0.3, -0.25) is 0 Å². The van der Waals surface area contributed by atoms with Crippen LogP contribution in [0.4, 0.5) is 0 Å². The largest absolute Gasteiger partial charge is 0.317 e. The van der Waals surface area contributed by atoms with Gasteiger partial charge in [-0.15, -0.1) is 0 Å². The summed E-state index contributed by atoms with van der Waals surface area (Å²) in [6.45, 7) is 7.30. The van der Waals surface area contributed by atoms with Crippen LogP contribution in [0.25, 0.3) is 0 Å². The van der Waals surface area contributed by atoms with Crippen LogP contribution in [0, 0.1) is 5.41 Å². The first kappa shape index (κ1) is 13.4. The summed E-state index contributed by atoms with van der Waals surface area (Å²) in [5.41, 5.74) is 0.600. The van der Waals surface area contributed by atoms with Gasteiger partial charge < -0.3 is 10.2 Å². The van der Waals surface area contributed by atoms with Crippen LogP contribution >= 0.6 is 0 Å². The molecule has 2 rings (SSSR count). The molecular weight excluding hydrogens is 208 g/mol. The van der Waals surface area contributed by atoms with Crippen LogP contribution in [0.3, 0.4) is 0 Å². The molecule has 1 aliphatic carbocycles. The van der Waals surface area contributed by atoms with Gasteiger partial charge in [0.2, 0.25) is 0 Å². The van der Waals surface area contributed by atoms with E-state index < -0.39 is 0 Å². The third-order valence-corrected chi connectivity index (χ3v) is 5.01. The van der Waals surface area contributed by atoms with E-state index in [1.54, 1.807) is 0 Å². The van der Waals surface area contributed by atoms with Crippen molar-refractivity contribution in [3.63, 3.8) is 0 Å². The zero-order valence-electron chi connectivity index (χ0n) is 12.0. The van der Waals surface area contributed by atoms with Gasteiger partial charge in [-0.25, -0.2) is 0 Å². The van der Waals surface area contributed by atoms with Crippen molar-refractivity contribution in [2.24, 2.45) is 5.41 Å². The summed E-state index contributed by atoms with van der Waals surface area (Å²) < 4.78 is 0. The molecule has 0 radical (unpaired) electrons. The minimum absolute atomic E-state index is 0.600. The fraction of sp³-hybridized carbons (Fsp3) is 1.00. The highest BCUT2D eigenvalue weighted by molar-refractivity contribution is 4.86. The molecule has 1 unspecified atom stereocenters. The first-order valence-corrected chi connectivity index (χ1v) is 7.51. The molecule has 1 aliphatic heterocycles. The summed E-state index contributed by atoms with van der Waals surface area (Å²) in [6, 6.07) is 1.68. The maximum absolute atomic E-state index is 3.52. The van der Waals surface area contributed by atoms with Gasteiger partial charge in [0.25, 0.3) is 0 Å². The molecular formula is C15H30N2. The molecule has 17 heavy (non-hydrogen) atoms. The molecule has 100 valence electrons. The van der Waals surface area contributed by atoms with E-state index in [1.165, 1.54) is 58.0 Å². The normalized spacial score (nSPS) is 31.4. The van der Waals surface area contributed by atoms with Crippen LogP contribution in [-0.4, -0.2) is 37.1 Å². The fourth-order valence-corrected chi connectivity index (χ4v) is 3.50. The molecule has 1 heterocycles. The fourth-order valence-electron chi connectivity index (χ4n) is 3.50. The van der Waals surface area contributed by atoms with Crippen LogP contribution in [-0.2, 0) is 0 Å². The molecule has 0 bridgehead atoms. The standard InChI is InChI=1S/C15H30N2/c1-15(2)9-6-14(7-10-15)17(3)13-5-4-11-16-12-8-13/h13-14,16H,4-12H2,1-3H3. The number of nitrogens with one attached hydrogen (secondary N) is 1. The Hall–Kier alpha value is -0.0800. The van der Waals surface area contributed by atoms with Crippen molar-refractivity contribution in [3.05, 3.63) is 0 Å². The topological polar surface area (TPSA) is 15.3 Å². The Bertz CT molecular complexity index is 219. The molecule has 0 amide bonds. The molecule has 0 aromatic heterocycles. The Balaban J connectivity index is 1.84. The zero-order chi connectivity index (χ0) is 12.3. The summed E-state index contributed by atoms with van der Waals surface area (Å²) in [6.07, 6.45) is 9.73. The molecule has 2 fully saturated rings. The second-order valence-electron chi connectivity index (χ2n) is 6.90. The maximum atomic E-state index is 3.52.